The molecule has 2 aromatic carbocycles. The van der Waals surface area contributed by atoms with Gasteiger partial charge in [-0.3, -0.25) is 13.9 Å². The Morgan fingerprint density at radius 3 is 2.22 bits per heavy atom. The average molecular weight is 534 g/mol. The van der Waals surface area contributed by atoms with Crippen LogP contribution in [0, 0.1) is 6.92 Å². The summed E-state index contributed by atoms with van der Waals surface area (Å²) in [5, 5.41) is 2.96. The fraction of sp³-hybridized carbons (Fsp3) is 0.481. The van der Waals surface area contributed by atoms with E-state index in [1.165, 1.54) is 25.2 Å². The summed E-state index contributed by atoms with van der Waals surface area (Å²) >= 11 is 0. The van der Waals surface area contributed by atoms with Crippen LogP contribution < -0.4 is 19.1 Å². The largest absolute Gasteiger partial charge is 0.493 e. The number of nitrogens with one attached hydrogen (secondary N) is 1. The maximum Gasteiger partial charge on any atom is 0.244 e. The van der Waals surface area contributed by atoms with Gasteiger partial charge in [-0.15, -0.1) is 0 Å². The summed E-state index contributed by atoms with van der Waals surface area (Å²) in [6, 6.07) is 11.5. The van der Waals surface area contributed by atoms with Crippen LogP contribution in [0.1, 0.15) is 44.7 Å². The lowest BCUT2D eigenvalue weighted by molar-refractivity contribution is -0.140. The summed E-state index contributed by atoms with van der Waals surface area (Å²) < 4.78 is 37.2. The molecule has 2 aromatic rings. The van der Waals surface area contributed by atoms with Crippen molar-refractivity contribution >= 4 is 27.5 Å². The Balaban J connectivity index is 2.49. The van der Waals surface area contributed by atoms with Crippen molar-refractivity contribution in [1.82, 2.24) is 10.2 Å². The molecule has 0 heterocycles. The molecule has 0 aliphatic heterocycles. The van der Waals surface area contributed by atoms with Crippen LogP contribution >= 0.6 is 0 Å². The van der Waals surface area contributed by atoms with Gasteiger partial charge >= 0.3 is 0 Å². The topological polar surface area (TPSA) is 105 Å². The zero-order valence-electron chi connectivity index (χ0n) is 22.8. The average Bonchev–Trinajstić information content (AvgIpc) is 2.85. The van der Waals surface area contributed by atoms with Gasteiger partial charge in [-0.25, -0.2) is 8.42 Å². The summed E-state index contributed by atoms with van der Waals surface area (Å²) in [5.74, 6) is -0.000289. The van der Waals surface area contributed by atoms with Crippen LogP contribution in [0.2, 0.25) is 0 Å². The van der Waals surface area contributed by atoms with E-state index < -0.39 is 28.5 Å². The first-order valence-electron chi connectivity index (χ1n) is 12.3. The number of amides is 2. The lowest BCUT2D eigenvalue weighted by atomic mass is 10.1. The first-order valence-corrected chi connectivity index (χ1v) is 14.1. The molecule has 1 N–H and O–H groups in total. The molecule has 0 unspecified atom stereocenters. The number of nitrogens with zero attached hydrogens (tertiary/aromatic N) is 2. The zero-order chi connectivity index (χ0) is 27.8. The Labute approximate surface area is 220 Å². The van der Waals surface area contributed by atoms with Crippen molar-refractivity contribution in [3.05, 3.63) is 53.6 Å². The number of sulfonamides is 1. The van der Waals surface area contributed by atoms with Crippen molar-refractivity contribution in [3.63, 3.8) is 0 Å². The number of ether oxygens (including phenoxy) is 2. The van der Waals surface area contributed by atoms with Crippen LogP contribution in [0.15, 0.2) is 42.5 Å². The van der Waals surface area contributed by atoms with Crippen molar-refractivity contribution in [1.29, 1.82) is 0 Å². The molecular weight excluding hydrogens is 494 g/mol. The van der Waals surface area contributed by atoms with Gasteiger partial charge in [0.15, 0.2) is 11.5 Å². The van der Waals surface area contributed by atoms with Crippen molar-refractivity contribution < 1.29 is 27.5 Å². The van der Waals surface area contributed by atoms with Crippen molar-refractivity contribution in [2.75, 3.05) is 31.3 Å². The second-order valence-electron chi connectivity index (χ2n) is 9.06. The molecule has 0 aliphatic carbocycles. The molecule has 0 fully saturated rings. The van der Waals surface area contributed by atoms with Crippen molar-refractivity contribution in [2.45, 2.75) is 59.2 Å². The molecule has 0 saturated heterocycles. The highest BCUT2D eigenvalue weighted by atomic mass is 32.2. The number of rotatable bonds is 13. The Kier molecular flexibility index (Phi) is 10.8. The molecule has 2 amide bonds. The number of aryl methyl sites for hydroxylation is 1. The van der Waals surface area contributed by atoms with E-state index in [1.54, 1.807) is 12.1 Å². The minimum Gasteiger partial charge on any atom is -0.493 e. The number of carbonyl (C=O) groups is 2. The third-order valence-corrected chi connectivity index (χ3v) is 7.30. The maximum atomic E-state index is 13.8. The number of benzene rings is 2. The lowest BCUT2D eigenvalue weighted by Gasteiger charge is -2.33. The van der Waals surface area contributed by atoms with E-state index in [4.69, 9.17) is 9.47 Å². The molecule has 0 radical (unpaired) electrons. The molecule has 10 heteroatoms. The highest BCUT2D eigenvalue weighted by Gasteiger charge is 2.32. The Hall–Kier alpha value is -3.27. The van der Waals surface area contributed by atoms with E-state index in [2.05, 4.69) is 5.32 Å². The summed E-state index contributed by atoms with van der Waals surface area (Å²) in [7, 11) is -0.930. The zero-order valence-corrected chi connectivity index (χ0v) is 23.6. The van der Waals surface area contributed by atoms with Gasteiger partial charge in [0, 0.05) is 18.7 Å². The van der Waals surface area contributed by atoms with Gasteiger partial charge in [0.25, 0.3) is 0 Å². The number of anilines is 1. The minimum atomic E-state index is -3.86. The highest BCUT2D eigenvalue weighted by Crippen LogP contribution is 2.32. The van der Waals surface area contributed by atoms with Gasteiger partial charge in [-0.1, -0.05) is 43.7 Å². The van der Waals surface area contributed by atoms with E-state index in [0.717, 1.165) is 28.1 Å². The molecular formula is C27H39N3O6S. The SMILES string of the molecule is CC[C@H](C)NC(=O)[C@H](CC)N(Cc1cccc(C)c1)C(=O)CN(c1ccc(OC)c(OC)c1)S(C)(=O)=O. The minimum absolute atomic E-state index is 0.0586. The van der Waals surface area contributed by atoms with Crippen molar-refractivity contribution in [2.24, 2.45) is 0 Å². The quantitative estimate of drug-likeness (QED) is 0.423. The number of hydrogen-bond donors (Lipinski definition) is 1. The van der Waals surface area contributed by atoms with Gasteiger partial charge in [-0.05, 0) is 44.4 Å². The summed E-state index contributed by atoms with van der Waals surface area (Å²) in [6.07, 6.45) is 2.15. The van der Waals surface area contributed by atoms with Crippen LogP contribution in [-0.4, -0.2) is 64.2 Å². The number of methoxy groups -OCH3 is 2. The van der Waals surface area contributed by atoms with Crippen LogP contribution in [0.4, 0.5) is 5.69 Å². The van der Waals surface area contributed by atoms with E-state index in [1.807, 2.05) is 52.0 Å². The molecule has 2 rings (SSSR count). The van der Waals surface area contributed by atoms with Gasteiger partial charge in [0.2, 0.25) is 21.8 Å². The summed E-state index contributed by atoms with van der Waals surface area (Å²) in [6.45, 7) is 7.34. The standard InChI is InChI=1S/C27H39N3O6S/c1-8-20(4)28-27(32)23(9-2)29(17-21-12-10-11-19(3)15-21)26(31)18-30(37(7,33)34)22-13-14-24(35-5)25(16-22)36-6/h10-16,20,23H,8-9,17-18H2,1-7H3,(H,28,32)/t20-,23-/m0/s1. The van der Waals surface area contributed by atoms with Gasteiger partial charge in [-0.2, -0.15) is 0 Å². The van der Waals surface area contributed by atoms with Crippen LogP contribution in [0.25, 0.3) is 0 Å². The van der Waals surface area contributed by atoms with Crippen LogP contribution in [0.3, 0.4) is 0 Å². The number of hydrogen-bond acceptors (Lipinski definition) is 6. The molecule has 0 saturated carbocycles. The fourth-order valence-corrected chi connectivity index (χ4v) is 4.80. The van der Waals surface area contributed by atoms with Crippen LogP contribution in [-0.2, 0) is 26.2 Å². The molecule has 0 aliphatic rings. The van der Waals surface area contributed by atoms with E-state index >= 15 is 0 Å². The second-order valence-corrected chi connectivity index (χ2v) is 11.0. The van der Waals surface area contributed by atoms with Gasteiger partial charge < -0.3 is 19.7 Å². The molecule has 9 nitrogen and oxygen atoms in total. The fourth-order valence-electron chi connectivity index (χ4n) is 3.96. The third kappa shape index (κ3) is 8.11. The molecule has 0 aromatic heterocycles. The predicted molar refractivity (Wildman–Crippen MR) is 145 cm³/mol. The lowest BCUT2D eigenvalue weighted by Crippen LogP contribution is -2.53. The molecule has 0 bridgehead atoms. The van der Waals surface area contributed by atoms with Crippen LogP contribution in [0.5, 0.6) is 11.5 Å². The van der Waals surface area contributed by atoms with E-state index in [-0.39, 0.29) is 24.2 Å². The monoisotopic (exact) mass is 533 g/mol. The van der Waals surface area contributed by atoms with Gasteiger partial charge in [0.1, 0.15) is 12.6 Å². The molecule has 37 heavy (non-hydrogen) atoms. The molecule has 0 spiro atoms. The summed E-state index contributed by atoms with van der Waals surface area (Å²) in [4.78, 5) is 28.4. The summed E-state index contributed by atoms with van der Waals surface area (Å²) in [5.41, 5.74) is 2.12. The molecule has 2 atom stereocenters. The Morgan fingerprint density at radius 1 is 1.00 bits per heavy atom. The second kappa shape index (κ2) is 13.3. The third-order valence-electron chi connectivity index (χ3n) is 6.16. The molecule has 204 valence electrons. The first kappa shape index (κ1) is 30.0. The van der Waals surface area contributed by atoms with E-state index in [0.29, 0.717) is 17.9 Å². The van der Waals surface area contributed by atoms with Crippen molar-refractivity contribution in [3.8, 4) is 11.5 Å². The normalized spacial score (nSPS) is 12.8. The predicted octanol–water partition coefficient (Wildman–Crippen LogP) is 3.50. The first-order chi connectivity index (χ1) is 17.4. The Bertz CT molecular complexity index is 1180. The van der Waals surface area contributed by atoms with E-state index in [9.17, 15) is 18.0 Å². The highest BCUT2D eigenvalue weighted by molar-refractivity contribution is 7.92. The number of carbonyl (C=O) groups excluding carboxylic acids is 2. The van der Waals surface area contributed by atoms with Gasteiger partial charge in [0.05, 0.1) is 26.2 Å². The Morgan fingerprint density at radius 2 is 1.68 bits per heavy atom. The smallest absolute Gasteiger partial charge is 0.244 e. The maximum absolute atomic E-state index is 13.8.